The van der Waals surface area contributed by atoms with Crippen LogP contribution in [-0.2, 0) is 6.61 Å². The van der Waals surface area contributed by atoms with E-state index in [1.165, 1.54) is 0 Å². The lowest BCUT2D eigenvalue weighted by Crippen LogP contribution is -2.12. The van der Waals surface area contributed by atoms with E-state index >= 15 is 0 Å². The molecule has 0 saturated heterocycles. The molecular weight excluding hydrogens is 264 g/mol. The summed E-state index contributed by atoms with van der Waals surface area (Å²) in [6.07, 6.45) is 0. The molecular formula is C17H20N2O2. The second-order valence-electron chi connectivity index (χ2n) is 4.95. The van der Waals surface area contributed by atoms with E-state index in [9.17, 15) is 0 Å². The van der Waals surface area contributed by atoms with Crippen LogP contribution in [0.2, 0.25) is 0 Å². The zero-order valence-corrected chi connectivity index (χ0v) is 12.6. The molecule has 2 aromatic rings. The van der Waals surface area contributed by atoms with Gasteiger partial charge in [0, 0.05) is 11.1 Å². The van der Waals surface area contributed by atoms with E-state index in [1.54, 1.807) is 19.2 Å². The Morgan fingerprint density at radius 1 is 1.14 bits per heavy atom. The number of nitrogen functional groups attached to an aromatic ring is 1. The normalized spacial score (nSPS) is 10.2. The van der Waals surface area contributed by atoms with Gasteiger partial charge in [0.1, 0.15) is 23.9 Å². The minimum Gasteiger partial charge on any atom is -0.496 e. The second-order valence-corrected chi connectivity index (χ2v) is 4.95. The molecule has 0 amide bonds. The first-order chi connectivity index (χ1) is 10.0. The van der Waals surface area contributed by atoms with Crippen LogP contribution >= 0.6 is 0 Å². The summed E-state index contributed by atoms with van der Waals surface area (Å²) in [6, 6.07) is 11.4. The summed E-state index contributed by atoms with van der Waals surface area (Å²) in [4.78, 5) is 0. The molecule has 3 N–H and O–H groups in total. The Morgan fingerprint density at radius 2 is 1.81 bits per heavy atom. The van der Waals surface area contributed by atoms with Gasteiger partial charge < -0.3 is 15.2 Å². The summed E-state index contributed by atoms with van der Waals surface area (Å²) in [5, 5.41) is 7.52. The monoisotopic (exact) mass is 284 g/mol. The zero-order chi connectivity index (χ0) is 15.4. The summed E-state index contributed by atoms with van der Waals surface area (Å²) in [7, 11) is 1.62. The van der Waals surface area contributed by atoms with E-state index in [-0.39, 0.29) is 5.84 Å². The highest BCUT2D eigenvalue weighted by Crippen LogP contribution is 2.26. The fourth-order valence-corrected chi connectivity index (χ4v) is 2.24. The second kappa shape index (κ2) is 6.31. The molecule has 0 heterocycles. The first-order valence-corrected chi connectivity index (χ1v) is 6.73. The smallest absolute Gasteiger partial charge is 0.125 e. The Labute approximate surface area is 125 Å². The maximum Gasteiger partial charge on any atom is 0.125 e. The molecule has 0 saturated carbocycles. The number of rotatable bonds is 5. The third-order valence-electron chi connectivity index (χ3n) is 3.37. The highest BCUT2D eigenvalue weighted by molar-refractivity contribution is 5.95. The predicted octanol–water partition coefficient (Wildman–Crippen LogP) is 3.18. The van der Waals surface area contributed by atoms with Crippen molar-refractivity contribution < 1.29 is 9.47 Å². The van der Waals surface area contributed by atoms with Crippen molar-refractivity contribution in [2.24, 2.45) is 5.73 Å². The van der Waals surface area contributed by atoms with Crippen LogP contribution in [0.1, 0.15) is 22.3 Å². The number of amidine groups is 1. The lowest BCUT2D eigenvalue weighted by molar-refractivity contribution is 0.293. The number of aryl methyl sites for hydroxylation is 2. The van der Waals surface area contributed by atoms with Gasteiger partial charge >= 0.3 is 0 Å². The van der Waals surface area contributed by atoms with Crippen LogP contribution in [0.5, 0.6) is 11.5 Å². The topological polar surface area (TPSA) is 68.3 Å². The molecule has 21 heavy (non-hydrogen) atoms. The number of hydrogen-bond acceptors (Lipinski definition) is 3. The fraction of sp³-hybridized carbons (Fsp3) is 0.235. The van der Waals surface area contributed by atoms with Crippen molar-refractivity contribution in [2.45, 2.75) is 20.5 Å². The molecule has 110 valence electrons. The molecule has 4 nitrogen and oxygen atoms in total. The lowest BCUT2D eigenvalue weighted by atomic mass is 10.1. The van der Waals surface area contributed by atoms with Crippen LogP contribution in [0, 0.1) is 19.3 Å². The fourth-order valence-electron chi connectivity index (χ4n) is 2.24. The van der Waals surface area contributed by atoms with Gasteiger partial charge in [-0.25, -0.2) is 0 Å². The van der Waals surface area contributed by atoms with Gasteiger partial charge in [0.2, 0.25) is 0 Å². The predicted molar refractivity (Wildman–Crippen MR) is 84.3 cm³/mol. The molecule has 0 atom stereocenters. The van der Waals surface area contributed by atoms with Crippen molar-refractivity contribution in [2.75, 3.05) is 7.11 Å². The lowest BCUT2D eigenvalue weighted by Gasteiger charge is -2.14. The molecule has 4 heteroatoms. The van der Waals surface area contributed by atoms with Gasteiger partial charge in [0.25, 0.3) is 0 Å². The van der Waals surface area contributed by atoms with E-state index in [1.807, 2.05) is 38.1 Å². The van der Waals surface area contributed by atoms with Crippen molar-refractivity contribution in [3.8, 4) is 11.5 Å². The van der Waals surface area contributed by atoms with Gasteiger partial charge in [-0.2, -0.15) is 0 Å². The van der Waals surface area contributed by atoms with Crippen molar-refractivity contribution >= 4 is 5.84 Å². The number of hydrogen-bond donors (Lipinski definition) is 2. The molecule has 0 aliphatic carbocycles. The molecule has 0 aromatic heterocycles. The van der Waals surface area contributed by atoms with E-state index in [2.05, 4.69) is 0 Å². The third kappa shape index (κ3) is 3.34. The standard InChI is InChI=1S/C17H20N2O2/c1-11-5-4-6-12(2)16(11)21-10-14-9-13(17(18)19)7-8-15(14)20-3/h4-9H,10H2,1-3H3,(H3,18,19). The summed E-state index contributed by atoms with van der Waals surface area (Å²) in [6.45, 7) is 4.41. The van der Waals surface area contributed by atoms with Gasteiger partial charge in [-0.05, 0) is 43.2 Å². The average molecular weight is 284 g/mol. The number of benzene rings is 2. The molecule has 0 spiro atoms. The Kier molecular flexibility index (Phi) is 4.48. The van der Waals surface area contributed by atoms with Gasteiger partial charge in [-0.15, -0.1) is 0 Å². The first kappa shape index (κ1) is 14.9. The minimum absolute atomic E-state index is 0.0333. The van der Waals surface area contributed by atoms with E-state index in [0.717, 1.165) is 28.2 Å². The Balaban J connectivity index is 2.26. The molecule has 0 fully saturated rings. The highest BCUT2D eigenvalue weighted by Gasteiger charge is 2.09. The van der Waals surface area contributed by atoms with Crippen LogP contribution in [0.15, 0.2) is 36.4 Å². The van der Waals surface area contributed by atoms with Crippen LogP contribution in [0.25, 0.3) is 0 Å². The maximum absolute atomic E-state index is 7.52. The van der Waals surface area contributed by atoms with Gasteiger partial charge in [-0.1, -0.05) is 18.2 Å². The van der Waals surface area contributed by atoms with Gasteiger partial charge in [-0.3, -0.25) is 5.41 Å². The molecule has 2 rings (SSSR count). The van der Waals surface area contributed by atoms with E-state index in [4.69, 9.17) is 20.6 Å². The van der Waals surface area contributed by atoms with Crippen molar-refractivity contribution in [3.63, 3.8) is 0 Å². The summed E-state index contributed by atoms with van der Waals surface area (Å²) >= 11 is 0. The highest BCUT2D eigenvalue weighted by atomic mass is 16.5. The van der Waals surface area contributed by atoms with Crippen LogP contribution in [0.4, 0.5) is 0 Å². The minimum atomic E-state index is 0.0333. The molecule has 2 aromatic carbocycles. The van der Waals surface area contributed by atoms with Crippen molar-refractivity contribution in [1.29, 1.82) is 5.41 Å². The Morgan fingerprint density at radius 3 is 2.38 bits per heavy atom. The van der Waals surface area contributed by atoms with Crippen molar-refractivity contribution in [3.05, 3.63) is 58.7 Å². The number of nitrogens with one attached hydrogen (secondary N) is 1. The van der Waals surface area contributed by atoms with Gasteiger partial charge in [0.05, 0.1) is 7.11 Å². The summed E-state index contributed by atoms with van der Waals surface area (Å²) in [5.74, 6) is 1.64. The van der Waals surface area contributed by atoms with Crippen LogP contribution in [0.3, 0.4) is 0 Å². The molecule has 0 aliphatic heterocycles. The number of methoxy groups -OCH3 is 1. The molecule has 0 aliphatic rings. The van der Waals surface area contributed by atoms with Crippen LogP contribution < -0.4 is 15.2 Å². The SMILES string of the molecule is COc1ccc(C(=N)N)cc1COc1c(C)cccc1C. The van der Waals surface area contributed by atoms with Gasteiger partial charge in [0.15, 0.2) is 0 Å². The summed E-state index contributed by atoms with van der Waals surface area (Å²) < 4.78 is 11.3. The maximum atomic E-state index is 7.52. The average Bonchev–Trinajstić information content (AvgIpc) is 2.46. The molecule has 0 bridgehead atoms. The number of para-hydroxylation sites is 1. The first-order valence-electron chi connectivity index (χ1n) is 6.73. The Bertz CT molecular complexity index is 646. The van der Waals surface area contributed by atoms with Crippen molar-refractivity contribution in [1.82, 2.24) is 0 Å². The number of ether oxygens (including phenoxy) is 2. The van der Waals surface area contributed by atoms with E-state index < -0.39 is 0 Å². The zero-order valence-electron chi connectivity index (χ0n) is 12.6. The third-order valence-corrected chi connectivity index (χ3v) is 3.37. The molecule has 0 radical (unpaired) electrons. The van der Waals surface area contributed by atoms with Crippen LogP contribution in [-0.4, -0.2) is 12.9 Å². The Hall–Kier alpha value is -2.49. The largest absolute Gasteiger partial charge is 0.496 e. The molecule has 0 unspecified atom stereocenters. The quantitative estimate of drug-likeness (QED) is 0.654. The summed E-state index contributed by atoms with van der Waals surface area (Å²) in [5.41, 5.74) is 9.25. The van der Waals surface area contributed by atoms with E-state index in [0.29, 0.717) is 12.2 Å². The number of nitrogens with two attached hydrogens (primary N) is 1.